The van der Waals surface area contributed by atoms with Crippen molar-refractivity contribution < 1.29 is 9.59 Å². The topological polar surface area (TPSA) is 182 Å². The van der Waals surface area contributed by atoms with Crippen molar-refractivity contribution in [1.29, 1.82) is 5.41 Å². The highest BCUT2D eigenvalue weighted by molar-refractivity contribution is 6.38. The summed E-state index contributed by atoms with van der Waals surface area (Å²) in [5, 5.41) is 11.6. The summed E-state index contributed by atoms with van der Waals surface area (Å²) in [5.74, 6) is 0.00435. The summed E-state index contributed by atoms with van der Waals surface area (Å²) in [4.78, 5) is 45.3. The average Bonchev–Trinajstić information content (AvgIpc) is 3.51. The van der Waals surface area contributed by atoms with Gasteiger partial charge in [-0.1, -0.05) is 30.3 Å². The number of anilines is 1. The predicted molar refractivity (Wildman–Crippen MR) is 150 cm³/mol. The molecular formula is C28H28N10O2. The second kappa shape index (κ2) is 9.95. The van der Waals surface area contributed by atoms with Gasteiger partial charge >= 0.3 is 0 Å². The van der Waals surface area contributed by atoms with Crippen molar-refractivity contribution in [3.05, 3.63) is 60.2 Å². The van der Waals surface area contributed by atoms with Gasteiger partial charge in [0.25, 0.3) is 5.91 Å². The molecule has 0 saturated carbocycles. The Labute approximate surface area is 229 Å². The van der Waals surface area contributed by atoms with E-state index in [-0.39, 0.29) is 41.3 Å². The summed E-state index contributed by atoms with van der Waals surface area (Å²) in [7, 11) is 0. The third-order valence-corrected chi connectivity index (χ3v) is 7.83. The molecule has 12 nitrogen and oxygen atoms in total. The fraction of sp³-hybridized carbons (Fsp3) is 0.286. The normalized spacial score (nSPS) is 20.6. The van der Waals surface area contributed by atoms with Gasteiger partial charge in [-0.05, 0) is 32.6 Å². The van der Waals surface area contributed by atoms with Gasteiger partial charge in [-0.15, -0.1) is 0 Å². The van der Waals surface area contributed by atoms with Gasteiger partial charge in [0, 0.05) is 47.1 Å². The zero-order chi connectivity index (χ0) is 28.0. The lowest BCUT2D eigenvalue weighted by molar-refractivity contribution is -0.128. The Kier molecular flexibility index (Phi) is 6.29. The molecule has 5 heterocycles. The van der Waals surface area contributed by atoms with E-state index in [1.807, 2.05) is 30.3 Å². The summed E-state index contributed by atoms with van der Waals surface area (Å²) < 4.78 is 1.49. The second-order valence-corrected chi connectivity index (χ2v) is 10.2. The van der Waals surface area contributed by atoms with E-state index in [4.69, 9.17) is 21.9 Å². The Hall–Kier alpha value is -5.00. The Morgan fingerprint density at radius 1 is 1.05 bits per heavy atom. The van der Waals surface area contributed by atoms with Gasteiger partial charge in [0.2, 0.25) is 0 Å². The summed E-state index contributed by atoms with van der Waals surface area (Å²) >= 11 is 0. The van der Waals surface area contributed by atoms with Crippen molar-refractivity contribution in [3.8, 4) is 22.5 Å². The monoisotopic (exact) mass is 536 g/mol. The molecular weight excluding hydrogens is 508 g/mol. The molecule has 1 amide bonds. The Bertz CT molecular complexity index is 1650. The highest BCUT2D eigenvalue weighted by atomic mass is 16.2. The molecule has 2 fully saturated rings. The summed E-state index contributed by atoms with van der Waals surface area (Å²) in [5.41, 5.74) is 16.2. The number of Topliss-reactive ketones (excluding diaryl/α,β-unsaturated/α-hetero) is 1. The van der Waals surface area contributed by atoms with Crippen molar-refractivity contribution in [3.63, 3.8) is 0 Å². The number of amides is 1. The third-order valence-electron chi connectivity index (χ3n) is 7.83. The quantitative estimate of drug-likeness (QED) is 0.198. The summed E-state index contributed by atoms with van der Waals surface area (Å²) in [6, 6.07) is 9.56. The number of piperidine rings is 1. The fourth-order valence-corrected chi connectivity index (χ4v) is 6.09. The maximum Gasteiger partial charge on any atom is 0.289 e. The molecule has 40 heavy (non-hydrogen) atoms. The molecule has 0 aliphatic carbocycles. The fourth-order valence-electron chi connectivity index (χ4n) is 6.09. The van der Waals surface area contributed by atoms with Crippen LogP contribution in [0.3, 0.4) is 0 Å². The zero-order valence-electron chi connectivity index (χ0n) is 21.9. The van der Waals surface area contributed by atoms with Gasteiger partial charge in [-0.2, -0.15) is 9.61 Å². The standard InChI is InChI=1S/C28H28N10O2/c1-15(39)22-23(17-9-19-7-8-20(10-17)37(19)28(40)24(30)34-14-29)36-27-21(13-35-38(27)25(22)31)18-11-32-26(33-12-18)16-5-3-2-4-6-16/h2-6,11-14,17,19-20H,7-10,31H2,1H3,(H3,29,30,34)/t17?,19-,20+. The van der Waals surface area contributed by atoms with Gasteiger partial charge < -0.3 is 16.4 Å². The molecule has 1 unspecified atom stereocenters. The number of rotatable bonds is 5. The number of nitrogen functional groups attached to an aromatic ring is 1. The smallest absolute Gasteiger partial charge is 0.289 e. The van der Waals surface area contributed by atoms with Crippen LogP contribution in [0.5, 0.6) is 0 Å². The van der Waals surface area contributed by atoms with E-state index in [1.54, 1.807) is 23.5 Å². The van der Waals surface area contributed by atoms with Crippen LogP contribution in [0.15, 0.2) is 53.9 Å². The molecule has 2 saturated heterocycles. The second-order valence-electron chi connectivity index (χ2n) is 10.2. The van der Waals surface area contributed by atoms with Crippen molar-refractivity contribution in [2.24, 2.45) is 10.7 Å². The molecule has 4 aromatic rings. The minimum Gasteiger partial charge on any atom is -0.383 e. The molecule has 2 aliphatic heterocycles. The molecule has 12 heteroatoms. The van der Waals surface area contributed by atoms with Crippen LogP contribution in [0.1, 0.15) is 54.6 Å². The van der Waals surface area contributed by atoms with E-state index in [0.29, 0.717) is 41.1 Å². The first kappa shape index (κ1) is 25.3. The van der Waals surface area contributed by atoms with Crippen LogP contribution in [0.4, 0.5) is 5.82 Å². The number of aliphatic imine (C=N–C) groups is 1. The number of carbonyl (C=O) groups excluding carboxylic acids is 2. The number of hydrogen-bond acceptors (Lipinski definition) is 8. The number of ketones is 1. The molecule has 6 rings (SSSR count). The van der Waals surface area contributed by atoms with Crippen LogP contribution in [0.25, 0.3) is 28.2 Å². The third kappa shape index (κ3) is 4.17. The predicted octanol–water partition coefficient (Wildman–Crippen LogP) is 2.84. The van der Waals surface area contributed by atoms with Crippen LogP contribution < -0.4 is 11.5 Å². The lowest BCUT2D eigenvalue weighted by atomic mass is 9.85. The first-order chi connectivity index (χ1) is 19.4. The minimum atomic E-state index is -0.360. The van der Waals surface area contributed by atoms with Gasteiger partial charge in [0.15, 0.2) is 23.1 Å². The number of aromatic nitrogens is 5. The summed E-state index contributed by atoms with van der Waals surface area (Å²) in [6.07, 6.45) is 8.75. The molecule has 0 spiro atoms. The molecule has 202 valence electrons. The number of amidine groups is 1. The first-order valence-electron chi connectivity index (χ1n) is 13.1. The van der Waals surface area contributed by atoms with E-state index in [9.17, 15) is 9.59 Å². The Balaban J connectivity index is 1.38. The van der Waals surface area contributed by atoms with Gasteiger partial charge in [-0.3, -0.25) is 15.0 Å². The highest BCUT2D eigenvalue weighted by Crippen LogP contribution is 2.44. The van der Waals surface area contributed by atoms with E-state index in [1.165, 1.54) is 11.4 Å². The molecule has 3 atom stereocenters. The van der Waals surface area contributed by atoms with Gasteiger partial charge in [0.05, 0.1) is 17.5 Å². The van der Waals surface area contributed by atoms with Crippen LogP contribution in [0.2, 0.25) is 0 Å². The molecule has 2 bridgehead atoms. The zero-order valence-corrected chi connectivity index (χ0v) is 21.9. The van der Waals surface area contributed by atoms with Crippen molar-refractivity contribution in [2.45, 2.75) is 50.6 Å². The average molecular weight is 537 g/mol. The van der Waals surface area contributed by atoms with E-state index in [2.05, 4.69) is 20.1 Å². The number of nitrogens with one attached hydrogen (secondary N) is 1. The van der Waals surface area contributed by atoms with E-state index < -0.39 is 0 Å². The van der Waals surface area contributed by atoms with E-state index >= 15 is 0 Å². The molecule has 0 radical (unpaired) electrons. The maximum atomic E-state index is 12.9. The molecule has 2 aliphatic rings. The largest absolute Gasteiger partial charge is 0.383 e. The maximum absolute atomic E-state index is 12.9. The van der Waals surface area contributed by atoms with Crippen molar-refractivity contribution in [2.75, 3.05) is 5.73 Å². The van der Waals surface area contributed by atoms with Crippen LogP contribution >= 0.6 is 0 Å². The van der Waals surface area contributed by atoms with Crippen LogP contribution in [-0.2, 0) is 4.79 Å². The Morgan fingerprint density at radius 2 is 1.73 bits per heavy atom. The van der Waals surface area contributed by atoms with E-state index in [0.717, 1.165) is 30.3 Å². The molecule has 1 aromatic carbocycles. The lowest BCUT2D eigenvalue weighted by Crippen LogP contribution is -2.50. The van der Waals surface area contributed by atoms with Crippen molar-refractivity contribution >= 4 is 35.3 Å². The lowest BCUT2D eigenvalue weighted by Gasteiger charge is -2.39. The van der Waals surface area contributed by atoms with Crippen LogP contribution in [0, 0.1) is 5.41 Å². The molecule has 5 N–H and O–H groups in total. The van der Waals surface area contributed by atoms with Crippen molar-refractivity contribution in [1.82, 2.24) is 29.5 Å². The number of hydrogen-bond donors (Lipinski definition) is 3. The van der Waals surface area contributed by atoms with Crippen LogP contribution in [-0.4, -0.2) is 65.4 Å². The molecule has 3 aromatic heterocycles. The minimum absolute atomic E-state index is 0.0712. The van der Waals surface area contributed by atoms with Gasteiger partial charge in [0.1, 0.15) is 12.2 Å². The first-order valence-corrected chi connectivity index (χ1v) is 13.1. The number of carbonyl (C=O) groups is 2. The number of nitrogens with two attached hydrogens (primary N) is 2. The van der Waals surface area contributed by atoms with Gasteiger partial charge in [-0.25, -0.2) is 19.9 Å². The Morgan fingerprint density at radius 3 is 2.35 bits per heavy atom. The summed E-state index contributed by atoms with van der Waals surface area (Å²) in [6.45, 7) is 1.48. The number of benzene rings is 1. The number of nitrogens with zero attached hydrogens (tertiary/aromatic N) is 7. The highest BCUT2D eigenvalue weighted by Gasteiger charge is 2.45. The SMILES string of the molecule is CC(=O)c1c(C2C[C@H]3CC[C@@H](C2)N3C(=O)C(N)=NC=N)nc2c(-c3cnc(-c4ccccc4)nc3)cnn2c1N. The number of fused-ring (bicyclic) bond motifs is 3.